The van der Waals surface area contributed by atoms with Gasteiger partial charge in [-0.25, -0.2) is 4.98 Å². The number of hydrogen-bond acceptors (Lipinski definition) is 6. The summed E-state index contributed by atoms with van der Waals surface area (Å²) in [6, 6.07) is 8.91. The topological polar surface area (TPSA) is 124 Å². The van der Waals surface area contributed by atoms with Gasteiger partial charge in [0, 0.05) is 11.8 Å². The highest BCUT2D eigenvalue weighted by Crippen LogP contribution is 2.26. The Hall–Kier alpha value is -3.16. The first-order chi connectivity index (χ1) is 10.0. The van der Waals surface area contributed by atoms with Crippen LogP contribution in [0.2, 0.25) is 0 Å². The van der Waals surface area contributed by atoms with Gasteiger partial charge < -0.3 is 15.7 Å². The van der Waals surface area contributed by atoms with E-state index in [4.69, 9.17) is 15.7 Å². The van der Waals surface area contributed by atoms with Gasteiger partial charge in [-0.3, -0.25) is 10.1 Å². The van der Waals surface area contributed by atoms with E-state index in [-0.39, 0.29) is 28.7 Å². The first-order valence-corrected chi connectivity index (χ1v) is 5.89. The number of pyridine rings is 1. The Kier molecular flexibility index (Phi) is 3.98. The molecule has 108 valence electrons. The lowest BCUT2D eigenvalue weighted by Crippen LogP contribution is -2.15. The van der Waals surface area contributed by atoms with Crippen molar-refractivity contribution in [1.29, 1.82) is 0 Å². The molecule has 0 amide bonds. The molecule has 1 heterocycles. The summed E-state index contributed by atoms with van der Waals surface area (Å²) in [6.07, 6.45) is 0. The second-order valence-electron chi connectivity index (χ2n) is 4.15. The zero-order valence-corrected chi connectivity index (χ0v) is 11.1. The van der Waals surface area contributed by atoms with Gasteiger partial charge in [-0.05, 0) is 25.1 Å². The van der Waals surface area contributed by atoms with E-state index < -0.39 is 4.92 Å². The molecule has 0 saturated heterocycles. The summed E-state index contributed by atoms with van der Waals surface area (Å²) >= 11 is 0. The molecule has 0 radical (unpaired) electrons. The lowest BCUT2D eigenvalue weighted by Gasteiger charge is -2.09. The summed E-state index contributed by atoms with van der Waals surface area (Å²) in [5, 5.41) is 22.4. The number of nitro benzene ring substituents is 1. The van der Waals surface area contributed by atoms with Crippen molar-refractivity contribution in [3.8, 4) is 11.6 Å². The van der Waals surface area contributed by atoms with Crippen molar-refractivity contribution in [2.45, 2.75) is 6.92 Å². The number of hydrogen-bond donors (Lipinski definition) is 2. The van der Waals surface area contributed by atoms with Gasteiger partial charge in [0.05, 0.1) is 16.6 Å². The minimum atomic E-state index is -0.527. The van der Waals surface area contributed by atoms with Crippen LogP contribution in [0.4, 0.5) is 5.69 Å². The van der Waals surface area contributed by atoms with Crippen LogP contribution in [0.3, 0.4) is 0 Å². The summed E-state index contributed by atoms with van der Waals surface area (Å²) in [5.41, 5.74) is 6.39. The third kappa shape index (κ3) is 3.24. The van der Waals surface area contributed by atoms with Gasteiger partial charge in [-0.1, -0.05) is 11.2 Å². The SMILES string of the molecule is Cc1ccc(C(N)=NO)c(Oc2cccc([N+](=O)[O-])c2)n1. The average Bonchev–Trinajstić information content (AvgIpc) is 2.47. The number of nitro groups is 1. The molecular formula is C13H12N4O4. The predicted octanol–water partition coefficient (Wildman–Crippen LogP) is 2.19. The number of aromatic nitrogens is 1. The molecule has 0 aliphatic carbocycles. The molecule has 0 saturated carbocycles. The maximum Gasteiger partial charge on any atom is 0.273 e. The van der Waals surface area contributed by atoms with Crippen molar-refractivity contribution < 1.29 is 14.9 Å². The zero-order valence-electron chi connectivity index (χ0n) is 11.1. The fourth-order valence-electron chi connectivity index (χ4n) is 1.63. The molecule has 0 fully saturated rings. The van der Waals surface area contributed by atoms with Crippen molar-refractivity contribution in [1.82, 2.24) is 4.98 Å². The number of amidine groups is 1. The van der Waals surface area contributed by atoms with Crippen molar-refractivity contribution in [3.63, 3.8) is 0 Å². The molecule has 0 unspecified atom stereocenters. The van der Waals surface area contributed by atoms with E-state index in [2.05, 4.69) is 10.1 Å². The first kappa shape index (κ1) is 14.3. The van der Waals surface area contributed by atoms with Crippen LogP contribution in [0.1, 0.15) is 11.3 Å². The van der Waals surface area contributed by atoms with Gasteiger partial charge in [-0.2, -0.15) is 0 Å². The largest absolute Gasteiger partial charge is 0.438 e. The third-order valence-electron chi connectivity index (χ3n) is 2.63. The third-order valence-corrected chi connectivity index (χ3v) is 2.63. The highest BCUT2D eigenvalue weighted by atomic mass is 16.6. The molecule has 8 nitrogen and oxygen atoms in total. The number of ether oxygens (including phenoxy) is 1. The molecule has 2 aromatic rings. The van der Waals surface area contributed by atoms with Crippen LogP contribution in [0.25, 0.3) is 0 Å². The van der Waals surface area contributed by atoms with Crippen LogP contribution >= 0.6 is 0 Å². The second-order valence-corrected chi connectivity index (χ2v) is 4.15. The molecule has 3 N–H and O–H groups in total. The quantitative estimate of drug-likeness (QED) is 0.292. The van der Waals surface area contributed by atoms with Crippen LogP contribution < -0.4 is 10.5 Å². The number of non-ortho nitro benzene ring substituents is 1. The number of oxime groups is 1. The monoisotopic (exact) mass is 288 g/mol. The maximum absolute atomic E-state index is 10.7. The fraction of sp³-hybridized carbons (Fsp3) is 0.0769. The van der Waals surface area contributed by atoms with Crippen LogP contribution in [0.15, 0.2) is 41.6 Å². The van der Waals surface area contributed by atoms with Crippen molar-refractivity contribution in [3.05, 3.63) is 57.8 Å². The molecule has 21 heavy (non-hydrogen) atoms. The van der Waals surface area contributed by atoms with Gasteiger partial charge in [-0.15, -0.1) is 0 Å². The summed E-state index contributed by atoms with van der Waals surface area (Å²) in [5.74, 6) is 0.169. The van der Waals surface area contributed by atoms with Gasteiger partial charge in [0.2, 0.25) is 5.88 Å². The molecular weight excluding hydrogens is 276 g/mol. The minimum absolute atomic E-state index is 0.103. The Bertz CT molecular complexity index is 715. The molecule has 1 aromatic heterocycles. The average molecular weight is 288 g/mol. The van der Waals surface area contributed by atoms with E-state index in [1.54, 1.807) is 25.1 Å². The maximum atomic E-state index is 10.7. The highest BCUT2D eigenvalue weighted by molar-refractivity contribution is 5.99. The minimum Gasteiger partial charge on any atom is -0.438 e. The summed E-state index contributed by atoms with van der Waals surface area (Å²) in [6.45, 7) is 1.75. The van der Waals surface area contributed by atoms with E-state index in [9.17, 15) is 10.1 Å². The van der Waals surface area contributed by atoms with Crippen LogP contribution in [0, 0.1) is 17.0 Å². The number of benzene rings is 1. The Morgan fingerprint density at radius 1 is 1.43 bits per heavy atom. The van der Waals surface area contributed by atoms with Crippen molar-refractivity contribution in [2.24, 2.45) is 10.9 Å². The van der Waals surface area contributed by atoms with E-state index in [0.717, 1.165) is 0 Å². The molecule has 0 atom stereocenters. The lowest BCUT2D eigenvalue weighted by atomic mass is 10.2. The molecule has 0 aliphatic heterocycles. The van der Waals surface area contributed by atoms with E-state index in [1.165, 1.54) is 18.2 Å². The highest BCUT2D eigenvalue weighted by Gasteiger charge is 2.13. The normalized spacial score (nSPS) is 11.2. The first-order valence-electron chi connectivity index (χ1n) is 5.89. The zero-order chi connectivity index (χ0) is 15.4. The summed E-state index contributed by atoms with van der Waals surface area (Å²) in [4.78, 5) is 14.4. The molecule has 1 aromatic carbocycles. The standard InChI is InChI=1S/C13H12N4O4/c1-8-5-6-11(12(14)16-18)13(15-8)21-10-4-2-3-9(7-10)17(19)20/h2-7,18H,1H3,(H2,14,16). The number of nitrogens with two attached hydrogens (primary N) is 1. The molecule has 0 bridgehead atoms. The van der Waals surface area contributed by atoms with E-state index in [0.29, 0.717) is 5.69 Å². The number of rotatable bonds is 4. The van der Waals surface area contributed by atoms with Gasteiger partial charge in [0.15, 0.2) is 5.84 Å². The van der Waals surface area contributed by atoms with E-state index in [1.807, 2.05) is 0 Å². The van der Waals surface area contributed by atoms with Crippen LogP contribution in [-0.2, 0) is 0 Å². The molecule has 0 aliphatic rings. The Balaban J connectivity index is 2.41. The Morgan fingerprint density at radius 2 is 2.19 bits per heavy atom. The van der Waals surface area contributed by atoms with E-state index >= 15 is 0 Å². The molecule has 0 spiro atoms. The van der Waals surface area contributed by atoms with Crippen molar-refractivity contribution in [2.75, 3.05) is 0 Å². The smallest absolute Gasteiger partial charge is 0.273 e. The molecule has 2 rings (SSSR count). The number of nitrogens with zero attached hydrogens (tertiary/aromatic N) is 3. The summed E-state index contributed by atoms with van der Waals surface area (Å²) < 4.78 is 5.52. The van der Waals surface area contributed by atoms with Gasteiger partial charge >= 0.3 is 0 Å². The van der Waals surface area contributed by atoms with Crippen molar-refractivity contribution >= 4 is 11.5 Å². The lowest BCUT2D eigenvalue weighted by molar-refractivity contribution is -0.384. The number of aryl methyl sites for hydroxylation is 1. The summed E-state index contributed by atoms with van der Waals surface area (Å²) in [7, 11) is 0. The van der Waals surface area contributed by atoms with Crippen LogP contribution in [0.5, 0.6) is 11.6 Å². The Morgan fingerprint density at radius 3 is 2.86 bits per heavy atom. The van der Waals surface area contributed by atoms with Gasteiger partial charge in [0.1, 0.15) is 5.75 Å². The second kappa shape index (κ2) is 5.87. The Labute approximate surface area is 119 Å². The van der Waals surface area contributed by atoms with Gasteiger partial charge in [0.25, 0.3) is 5.69 Å². The van der Waals surface area contributed by atoms with Crippen LogP contribution in [-0.4, -0.2) is 21.0 Å². The predicted molar refractivity (Wildman–Crippen MR) is 74.7 cm³/mol. The fourth-order valence-corrected chi connectivity index (χ4v) is 1.63. The molecule has 8 heteroatoms.